The van der Waals surface area contributed by atoms with Gasteiger partial charge in [0.1, 0.15) is 11.5 Å². The number of likely N-dealkylation sites (tertiary alicyclic amines) is 1. The van der Waals surface area contributed by atoms with Crippen molar-refractivity contribution in [2.24, 2.45) is 0 Å². The molecule has 1 aromatic rings. The Hall–Kier alpha value is -2.68. The molecule has 3 rings (SSSR count). The highest BCUT2D eigenvalue weighted by atomic mass is 16.3. The third-order valence-electron chi connectivity index (χ3n) is 5.04. The molecule has 2 atom stereocenters. The zero-order valence-electron chi connectivity index (χ0n) is 16.0. The molecule has 0 radical (unpaired) electrons. The molecule has 0 saturated carbocycles. The molecule has 3 N–H and O–H groups in total. The van der Waals surface area contributed by atoms with Crippen molar-refractivity contribution < 1.29 is 28.7 Å². The number of hydrogen-bond acceptors (Lipinski definition) is 6. The number of nitrogens with zero attached hydrogens (tertiary/aromatic N) is 1. The fourth-order valence-electron chi connectivity index (χ4n) is 3.85. The zero-order chi connectivity index (χ0) is 20.4. The number of rotatable bonds is 4. The second-order valence-electron chi connectivity index (χ2n) is 7.38. The number of hydrogen-bond donors (Lipinski definition) is 3. The van der Waals surface area contributed by atoms with E-state index in [2.05, 4.69) is 10.6 Å². The first-order valence-corrected chi connectivity index (χ1v) is 9.42. The maximum atomic E-state index is 13.1. The SMILES string of the molecule is CC(=O)NCC(=O)N[C@H]1C[C@@H](O)CN(C(=O)c2c(C)oc3c2C(=O)CCC3)C1. The second-order valence-corrected chi connectivity index (χ2v) is 7.38. The lowest BCUT2D eigenvalue weighted by atomic mass is 9.92. The van der Waals surface area contributed by atoms with Gasteiger partial charge >= 0.3 is 0 Å². The molecule has 3 amide bonds. The smallest absolute Gasteiger partial charge is 0.258 e. The van der Waals surface area contributed by atoms with Crippen molar-refractivity contribution in [1.82, 2.24) is 15.5 Å². The minimum atomic E-state index is -0.803. The second kappa shape index (κ2) is 8.14. The van der Waals surface area contributed by atoms with Crippen LogP contribution < -0.4 is 10.6 Å². The number of piperidine rings is 1. The van der Waals surface area contributed by atoms with Gasteiger partial charge in [-0.05, 0) is 19.8 Å². The van der Waals surface area contributed by atoms with Gasteiger partial charge in [0.15, 0.2) is 5.78 Å². The molecule has 1 fully saturated rings. The Morgan fingerprint density at radius 2 is 2.00 bits per heavy atom. The summed E-state index contributed by atoms with van der Waals surface area (Å²) in [5, 5.41) is 15.3. The molecule has 2 heterocycles. The number of fused-ring (bicyclic) bond motifs is 1. The summed E-state index contributed by atoms with van der Waals surface area (Å²) in [5.74, 6) is -0.239. The monoisotopic (exact) mass is 391 g/mol. The Bertz CT molecular complexity index is 815. The van der Waals surface area contributed by atoms with Crippen molar-refractivity contribution >= 4 is 23.5 Å². The molecule has 2 aliphatic rings. The normalized spacial score (nSPS) is 21.8. The predicted octanol–water partition coefficient (Wildman–Crippen LogP) is -0.0653. The van der Waals surface area contributed by atoms with Crippen LogP contribution in [-0.4, -0.2) is 65.3 Å². The molecule has 9 nitrogen and oxygen atoms in total. The highest BCUT2D eigenvalue weighted by molar-refractivity contribution is 6.10. The Balaban J connectivity index is 1.74. The van der Waals surface area contributed by atoms with Crippen LogP contribution in [0.5, 0.6) is 0 Å². The van der Waals surface area contributed by atoms with Gasteiger partial charge in [-0.1, -0.05) is 0 Å². The fourth-order valence-corrected chi connectivity index (χ4v) is 3.85. The van der Waals surface area contributed by atoms with E-state index in [0.29, 0.717) is 42.8 Å². The Kier molecular flexibility index (Phi) is 5.83. The van der Waals surface area contributed by atoms with E-state index in [9.17, 15) is 24.3 Å². The summed E-state index contributed by atoms with van der Waals surface area (Å²) in [5.41, 5.74) is 0.622. The van der Waals surface area contributed by atoms with Crippen LogP contribution in [0, 0.1) is 6.92 Å². The van der Waals surface area contributed by atoms with E-state index in [0.717, 1.165) is 0 Å². The number of aliphatic hydroxyl groups excluding tert-OH is 1. The summed E-state index contributed by atoms with van der Waals surface area (Å²) in [4.78, 5) is 49.8. The number of β-amino-alcohol motifs (C(OH)–C–C–N with tert-alkyl or cyclic N) is 1. The van der Waals surface area contributed by atoms with E-state index < -0.39 is 18.1 Å². The third-order valence-corrected chi connectivity index (χ3v) is 5.04. The minimum Gasteiger partial charge on any atom is -0.465 e. The van der Waals surface area contributed by atoms with Crippen LogP contribution in [-0.2, 0) is 16.0 Å². The van der Waals surface area contributed by atoms with Crippen molar-refractivity contribution in [2.45, 2.75) is 51.7 Å². The number of nitrogens with one attached hydrogen (secondary N) is 2. The van der Waals surface area contributed by atoms with Crippen LogP contribution in [0.1, 0.15) is 58.4 Å². The highest BCUT2D eigenvalue weighted by Crippen LogP contribution is 2.31. The molecule has 1 aromatic heterocycles. The summed E-state index contributed by atoms with van der Waals surface area (Å²) in [6.45, 7) is 3.12. The maximum absolute atomic E-state index is 13.1. The average molecular weight is 391 g/mol. The molecule has 0 unspecified atom stereocenters. The van der Waals surface area contributed by atoms with Gasteiger partial charge in [-0.3, -0.25) is 19.2 Å². The lowest BCUT2D eigenvalue weighted by Gasteiger charge is -2.36. The van der Waals surface area contributed by atoms with Crippen molar-refractivity contribution in [2.75, 3.05) is 19.6 Å². The lowest BCUT2D eigenvalue weighted by molar-refractivity contribution is -0.125. The quantitative estimate of drug-likeness (QED) is 0.659. The van der Waals surface area contributed by atoms with Crippen LogP contribution in [0.15, 0.2) is 4.42 Å². The zero-order valence-corrected chi connectivity index (χ0v) is 16.0. The summed E-state index contributed by atoms with van der Waals surface area (Å²) in [6.07, 6.45) is 1.22. The standard InChI is InChI=1S/C19H25N3O6/c1-10-17(18-14(25)4-3-5-15(18)28-10)19(27)22-8-12(6-13(24)9-22)21-16(26)7-20-11(2)23/h12-13,24H,3-9H2,1-2H3,(H,20,23)(H,21,26)/t12-,13+/m0/s1. The molecule has 28 heavy (non-hydrogen) atoms. The first-order chi connectivity index (χ1) is 13.3. The lowest BCUT2D eigenvalue weighted by Crippen LogP contribution is -2.55. The number of carbonyl (C=O) groups excluding carboxylic acids is 4. The van der Waals surface area contributed by atoms with Crippen LogP contribution in [0.3, 0.4) is 0 Å². The first-order valence-electron chi connectivity index (χ1n) is 9.42. The fraction of sp³-hybridized carbons (Fsp3) is 0.579. The van der Waals surface area contributed by atoms with Gasteiger partial charge < -0.3 is 25.1 Å². The van der Waals surface area contributed by atoms with Gasteiger partial charge in [-0.2, -0.15) is 0 Å². The predicted molar refractivity (Wildman–Crippen MR) is 97.9 cm³/mol. The Labute approximate surface area is 162 Å². The highest BCUT2D eigenvalue weighted by Gasteiger charge is 2.36. The molecule has 1 aliphatic carbocycles. The summed E-state index contributed by atoms with van der Waals surface area (Å²) < 4.78 is 5.65. The molecule has 0 aromatic carbocycles. The van der Waals surface area contributed by atoms with E-state index >= 15 is 0 Å². The summed E-state index contributed by atoms with van der Waals surface area (Å²) in [7, 11) is 0. The molecular formula is C19H25N3O6. The molecule has 0 bridgehead atoms. The number of aliphatic hydroxyl groups is 1. The van der Waals surface area contributed by atoms with Crippen LogP contribution in [0.25, 0.3) is 0 Å². The average Bonchev–Trinajstić information content (AvgIpc) is 2.96. The van der Waals surface area contributed by atoms with Crippen molar-refractivity contribution in [3.8, 4) is 0 Å². The minimum absolute atomic E-state index is 0.0980. The van der Waals surface area contributed by atoms with Gasteiger partial charge in [0.25, 0.3) is 5.91 Å². The van der Waals surface area contributed by atoms with E-state index in [1.165, 1.54) is 11.8 Å². The molecule has 0 spiro atoms. The van der Waals surface area contributed by atoms with Crippen LogP contribution >= 0.6 is 0 Å². The number of Topliss-reactive ketones (excluding diaryl/α,β-unsaturated/α-hetero) is 1. The van der Waals surface area contributed by atoms with Crippen molar-refractivity contribution in [1.29, 1.82) is 0 Å². The number of amides is 3. The number of ketones is 1. The van der Waals surface area contributed by atoms with E-state index in [4.69, 9.17) is 4.42 Å². The Morgan fingerprint density at radius 3 is 2.71 bits per heavy atom. The molecule has 152 valence electrons. The molecule has 1 saturated heterocycles. The first kappa shape index (κ1) is 20.1. The van der Waals surface area contributed by atoms with Gasteiger partial charge in [0, 0.05) is 38.9 Å². The topological polar surface area (TPSA) is 129 Å². The van der Waals surface area contributed by atoms with Crippen molar-refractivity contribution in [3.63, 3.8) is 0 Å². The third kappa shape index (κ3) is 4.24. The number of carbonyl (C=O) groups is 4. The Morgan fingerprint density at radius 1 is 1.25 bits per heavy atom. The van der Waals surface area contributed by atoms with Gasteiger partial charge in [-0.25, -0.2) is 0 Å². The number of furan rings is 1. The number of aryl methyl sites for hydroxylation is 2. The van der Waals surface area contributed by atoms with Gasteiger partial charge in [0.2, 0.25) is 11.8 Å². The van der Waals surface area contributed by atoms with E-state index in [1.807, 2.05) is 0 Å². The summed E-state index contributed by atoms with van der Waals surface area (Å²) in [6, 6.07) is -0.451. The van der Waals surface area contributed by atoms with E-state index in [-0.39, 0.29) is 42.8 Å². The van der Waals surface area contributed by atoms with Gasteiger partial charge in [-0.15, -0.1) is 0 Å². The van der Waals surface area contributed by atoms with Crippen LogP contribution in [0.4, 0.5) is 0 Å². The van der Waals surface area contributed by atoms with E-state index in [1.54, 1.807) is 6.92 Å². The molecule has 9 heteroatoms. The maximum Gasteiger partial charge on any atom is 0.258 e. The molecule has 1 aliphatic heterocycles. The van der Waals surface area contributed by atoms with Crippen LogP contribution in [0.2, 0.25) is 0 Å². The largest absolute Gasteiger partial charge is 0.465 e. The van der Waals surface area contributed by atoms with Gasteiger partial charge in [0.05, 0.1) is 23.8 Å². The van der Waals surface area contributed by atoms with Crippen molar-refractivity contribution in [3.05, 3.63) is 22.6 Å². The molecular weight excluding hydrogens is 366 g/mol. The summed E-state index contributed by atoms with van der Waals surface area (Å²) >= 11 is 0.